The highest BCUT2D eigenvalue weighted by Crippen LogP contribution is 2.22. The lowest BCUT2D eigenvalue weighted by Gasteiger charge is -2.20. The van der Waals surface area contributed by atoms with Crippen LogP contribution < -0.4 is 5.32 Å². The first kappa shape index (κ1) is 11.4. The van der Waals surface area contributed by atoms with Gasteiger partial charge in [-0.1, -0.05) is 12.1 Å². The van der Waals surface area contributed by atoms with E-state index in [1.54, 1.807) is 0 Å². The van der Waals surface area contributed by atoms with Gasteiger partial charge in [0.15, 0.2) is 11.6 Å². The molecule has 0 bridgehead atoms. The third kappa shape index (κ3) is 2.16. The van der Waals surface area contributed by atoms with Gasteiger partial charge in [0.2, 0.25) is 0 Å². The lowest BCUT2D eigenvalue weighted by Crippen LogP contribution is -2.35. The maximum absolute atomic E-state index is 5.57. The van der Waals surface area contributed by atoms with Crippen molar-refractivity contribution in [3.05, 3.63) is 23.7 Å². The standard InChI is InChI=1S/C12H15N3O3/c1-2-8-3-4-10(17-8)12-14-11(15-18-12)9-7-16-6-5-13-9/h3-4,9,13H,2,5-7H2,1H3. The minimum atomic E-state index is -0.00291. The average molecular weight is 249 g/mol. The van der Waals surface area contributed by atoms with E-state index in [1.165, 1.54) is 0 Å². The molecule has 1 N–H and O–H groups in total. The molecule has 6 nitrogen and oxygen atoms in total. The van der Waals surface area contributed by atoms with E-state index >= 15 is 0 Å². The summed E-state index contributed by atoms with van der Waals surface area (Å²) in [5.74, 6) is 2.54. The summed E-state index contributed by atoms with van der Waals surface area (Å²) in [6.45, 7) is 4.12. The van der Waals surface area contributed by atoms with Gasteiger partial charge in [-0.25, -0.2) is 0 Å². The third-order valence-corrected chi connectivity index (χ3v) is 2.90. The van der Waals surface area contributed by atoms with Crippen LogP contribution >= 0.6 is 0 Å². The Morgan fingerprint density at radius 3 is 3.11 bits per heavy atom. The van der Waals surface area contributed by atoms with Crippen LogP contribution in [0.5, 0.6) is 0 Å². The second-order valence-corrected chi connectivity index (χ2v) is 4.16. The zero-order valence-corrected chi connectivity index (χ0v) is 10.2. The van der Waals surface area contributed by atoms with Crippen molar-refractivity contribution in [3.8, 4) is 11.7 Å². The first-order chi connectivity index (χ1) is 8.86. The summed E-state index contributed by atoms with van der Waals surface area (Å²) in [7, 11) is 0. The second kappa shape index (κ2) is 4.91. The molecule has 3 heterocycles. The van der Waals surface area contributed by atoms with Crippen LogP contribution in [0.15, 0.2) is 21.1 Å². The van der Waals surface area contributed by atoms with E-state index < -0.39 is 0 Å². The number of aromatic nitrogens is 2. The number of aryl methyl sites for hydroxylation is 1. The SMILES string of the molecule is CCc1ccc(-c2nc(C3COCCN3)no2)o1. The van der Waals surface area contributed by atoms with Crippen molar-refractivity contribution in [2.45, 2.75) is 19.4 Å². The van der Waals surface area contributed by atoms with E-state index in [2.05, 4.69) is 15.5 Å². The number of ether oxygens (including phenoxy) is 1. The molecular formula is C12H15N3O3. The van der Waals surface area contributed by atoms with Gasteiger partial charge in [0.05, 0.1) is 19.3 Å². The number of nitrogens with one attached hydrogen (secondary N) is 1. The number of nitrogens with zero attached hydrogens (tertiary/aromatic N) is 2. The molecule has 0 radical (unpaired) electrons. The van der Waals surface area contributed by atoms with Gasteiger partial charge >= 0.3 is 0 Å². The topological polar surface area (TPSA) is 73.3 Å². The fourth-order valence-electron chi connectivity index (χ4n) is 1.89. The van der Waals surface area contributed by atoms with Gasteiger partial charge in [0.25, 0.3) is 5.89 Å². The summed E-state index contributed by atoms with van der Waals surface area (Å²) < 4.78 is 16.1. The van der Waals surface area contributed by atoms with Crippen LogP contribution in [-0.2, 0) is 11.2 Å². The van der Waals surface area contributed by atoms with Crippen molar-refractivity contribution in [1.82, 2.24) is 15.5 Å². The van der Waals surface area contributed by atoms with Crippen molar-refractivity contribution in [2.75, 3.05) is 19.8 Å². The molecule has 6 heteroatoms. The van der Waals surface area contributed by atoms with Crippen LogP contribution in [0, 0.1) is 0 Å². The Bertz CT molecular complexity index is 514. The number of rotatable bonds is 3. The summed E-state index contributed by atoms with van der Waals surface area (Å²) in [5.41, 5.74) is 0. The van der Waals surface area contributed by atoms with Gasteiger partial charge in [-0.15, -0.1) is 0 Å². The van der Waals surface area contributed by atoms with Crippen LogP contribution in [0.1, 0.15) is 24.6 Å². The number of hydrogen-bond acceptors (Lipinski definition) is 6. The second-order valence-electron chi connectivity index (χ2n) is 4.16. The predicted octanol–water partition coefficient (Wildman–Crippen LogP) is 1.55. The van der Waals surface area contributed by atoms with Crippen molar-refractivity contribution in [1.29, 1.82) is 0 Å². The minimum absolute atomic E-state index is 0.00291. The molecule has 18 heavy (non-hydrogen) atoms. The summed E-state index contributed by atoms with van der Waals surface area (Å²) in [6.07, 6.45) is 0.846. The predicted molar refractivity (Wildman–Crippen MR) is 62.9 cm³/mol. The van der Waals surface area contributed by atoms with Crippen LogP contribution in [0.3, 0.4) is 0 Å². The van der Waals surface area contributed by atoms with Gasteiger partial charge in [-0.3, -0.25) is 0 Å². The van der Waals surface area contributed by atoms with Crippen molar-refractivity contribution >= 4 is 0 Å². The van der Waals surface area contributed by atoms with Gasteiger partial charge in [0, 0.05) is 13.0 Å². The molecule has 0 aromatic carbocycles. The van der Waals surface area contributed by atoms with E-state index in [0.29, 0.717) is 24.1 Å². The third-order valence-electron chi connectivity index (χ3n) is 2.90. The molecule has 1 saturated heterocycles. The molecule has 0 aliphatic carbocycles. The van der Waals surface area contributed by atoms with Gasteiger partial charge < -0.3 is 19.0 Å². The molecule has 1 fully saturated rings. The maximum atomic E-state index is 5.57. The molecule has 3 rings (SSSR count). The van der Waals surface area contributed by atoms with Crippen LogP contribution in [0.2, 0.25) is 0 Å². The van der Waals surface area contributed by atoms with Crippen molar-refractivity contribution in [2.24, 2.45) is 0 Å². The molecule has 0 spiro atoms. The van der Waals surface area contributed by atoms with E-state index in [0.717, 1.165) is 25.3 Å². The maximum Gasteiger partial charge on any atom is 0.293 e. The lowest BCUT2D eigenvalue weighted by atomic mass is 10.2. The van der Waals surface area contributed by atoms with Crippen molar-refractivity contribution < 1.29 is 13.7 Å². The zero-order chi connectivity index (χ0) is 12.4. The Morgan fingerprint density at radius 2 is 2.39 bits per heavy atom. The Morgan fingerprint density at radius 1 is 1.44 bits per heavy atom. The smallest absolute Gasteiger partial charge is 0.293 e. The molecule has 0 amide bonds. The fourth-order valence-corrected chi connectivity index (χ4v) is 1.89. The molecule has 1 atom stereocenters. The van der Waals surface area contributed by atoms with Gasteiger partial charge in [-0.05, 0) is 12.1 Å². The summed E-state index contributed by atoms with van der Waals surface area (Å²) in [4.78, 5) is 4.34. The number of furan rings is 1. The Labute approximate surface area is 104 Å². The Balaban J connectivity index is 1.79. The fraction of sp³-hybridized carbons (Fsp3) is 0.500. The molecule has 1 unspecified atom stereocenters. The highest BCUT2D eigenvalue weighted by molar-refractivity contribution is 5.44. The Hall–Kier alpha value is -1.66. The molecule has 0 saturated carbocycles. The molecule has 2 aromatic heterocycles. The van der Waals surface area contributed by atoms with Crippen LogP contribution in [0.25, 0.3) is 11.7 Å². The van der Waals surface area contributed by atoms with E-state index in [9.17, 15) is 0 Å². The lowest BCUT2D eigenvalue weighted by molar-refractivity contribution is 0.0734. The minimum Gasteiger partial charge on any atom is -0.456 e. The highest BCUT2D eigenvalue weighted by atomic mass is 16.5. The van der Waals surface area contributed by atoms with Crippen molar-refractivity contribution in [3.63, 3.8) is 0 Å². The normalized spacial score (nSPS) is 20.2. The van der Waals surface area contributed by atoms with Crippen LogP contribution in [-0.4, -0.2) is 29.9 Å². The van der Waals surface area contributed by atoms with Gasteiger partial charge in [0.1, 0.15) is 5.76 Å². The molecule has 96 valence electrons. The van der Waals surface area contributed by atoms with Gasteiger partial charge in [-0.2, -0.15) is 4.98 Å². The quantitative estimate of drug-likeness (QED) is 0.889. The number of morpholine rings is 1. The Kier molecular flexibility index (Phi) is 3.12. The summed E-state index contributed by atoms with van der Waals surface area (Å²) in [6, 6.07) is 3.76. The van der Waals surface area contributed by atoms with E-state index in [4.69, 9.17) is 13.7 Å². The molecular weight excluding hydrogens is 234 g/mol. The molecule has 1 aliphatic rings. The van der Waals surface area contributed by atoms with E-state index in [-0.39, 0.29) is 6.04 Å². The largest absolute Gasteiger partial charge is 0.456 e. The van der Waals surface area contributed by atoms with Crippen LogP contribution in [0.4, 0.5) is 0 Å². The highest BCUT2D eigenvalue weighted by Gasteiger charge is 2.22. The first-order valence-electron chi connectivity index (χ1n) is 6.10. The first-order valence-corrected chi connectivity index (χ1v) is 6.10. The monoisotopic (exact) mass is 249 g/mol. The van der Waals surface area contributed by atoms with E-state index in [1.807, 2.05) is 19.1 Å². The summed E-state index contributed by atoms with van der Waals surface area (Å²) in [5, 5.41) is 7.24. The average Bonchev–Trinajstić information content (AvgIpc) is 3.08. The molecule has 1 aliphatic heterocycles. The number of hydrogen-bond donors (Lipinski definition) is 1. The zero-order valence-electron chi connectivity index (χ0n) is 10.2. The molecule has 2 aromatic rings. The summed E-state index contributed by atoms with van der Waals surface area (Å²) >= 11 is 0.